The summed E-state index contributed by atoms with van der Waals surface area (Å²) in [6.07, 6.45) is 3.86. The molecule has 0 aromatic heterocycles. The summed E-state index contributed by atoms with van der Waals surface area (Å²) >= 11 is 0. The molecule has 2 fully saturated rings. The molecule has 126 valence electrons. The van der Waals surface area contributed by atoms with Crippen LogP contribution in [0.3, 0.4) is 0 Å². The maximum atomic E-state index is 13.1. The van der Waals surface area contributed by atoms with Crippen LogP contribution in [0.2, 0.25) is 0 Å². The van der Waals surface area contributed by atoms with Crippen LogP contribution in [0.15, 0.2) is 30.3 Å². The zero-order chi connectivity index (χ0) is 16.4. The van der Waals surface area contributed by atoms with Gasteiger partial charge in [0.05, 0.1) is 18.7 Å². The van der Waals surface area contributed by atoms with E-state index in [2.05, 4.69) is 26.0 Å². The van der Waals surface area contributed by atoms with Gasteiger partial charge in [0.1, 0.15) is 6.10 Å². The summed E-state index contributed by atoms with van der Waals surface area (Å²) in [5.41, 5.74) is 6.96. The van der Waals surface area contributed by atoms with Crippen molar-refractivity contribution in [2.45, 2.75) is 57.2 Å². The zero-order valence-electron chi connectivity index (χ0n) is 14.2. The van der Waals surface area contributed by atoms with Crippen molar-refractivity contribution in [3.63, 3.8) is 0 Å². The van der Waals surface area contributed by atoms with Crippen LogP contribution in [0.1, 0.15) is 51.2 Å². The number of hydrogen-bond donors (Lipinski definition) is 1. The highest BCUT2D eigenvalue weighted by molar-refractivity contribution is 5.80. The molecule has 1 saturated carbocycles. The molecule has 3 unspecified atom stereocenters. The van der Waals surface area contributed by atoms with Crippen LogP contribution >= 0.6 is 0 Å². The normalized spacial score (nSPS) is 30.9. The van der Waals surface area contributed by atoms with Crippen molar-refractivity contribution < 1.29 is 9.53 Å². The van der Waals surface area contributed by atoms with Crippen LogP contribution in [0.25, 0.3) is 0 Å². The third-order valence-electron chi connectivity index (χ3n) is 5.22. The highest BCUT2D eigenvalue weighted by Crippen LogP contribution is 2.34. The number of nitrogens with zero attached hydrogens (tertiary/aromatic N) is 1. The number of hydrogen-bond acceptors (Lipinski definition) is 3. The minimum Gasteiger partial charge on any atom is -0.369 e. The Morgan fingerprint density at radius 3 is 2.70 bits per heavy atom. The van der Waals surface area contributed by atoms with Gasteiger partial charge in [0.15, 0.2) is 0 Å². The molecule has 2 N–H and O–H groups in total. The first-order valence-corrected chi connectivity index (χ1v) is 8.71. The number of rotatable bonds is 2. The summed E-state index contributed by atoms with van der Waals surface area (Å²) in [4.78, 5) is 15.1. The van der Waals surface area contributed by atoms with Crippen LogP contribution < -0.4 is 5.73 Å². The monoisotopic (exact) mass is 316 g/mol. The van der Waals surface area contributed by atoms with Gasteiger partial charge in [0, 0.05) is 12.0 Å². The molecule has 1 aromatic carbocycles. The molecule has 3 atom stereocenters. The molecule has 23 heavy (non-hydrogen) atoms. The summed E-state index contributed by atoms with van der Waals surface area (Å²) in [7, 11) is 0. The molecule has 3 rings (SSSR count). The minimum absolute atomic E-state index is 0.0366. The first kappa shape index (κ1) is 16.5. The van der Waals surface area contributed by atoms with E-state index >= 15 is 0 Å². The number of morpholine rings is 1. The Kier molecular flexibility index (Phi) is 4.74. The van der Waals surface area contributed by atoms with Crippen molar-refractivity contribution in [1.82, 2.24) is 4.90 Å². The number of benzene rings is 1. The van der Waals surface area contributed by atoms with Crippen molar-refractivity contribution in [3.05, 3.63) is 35.9 Å². The summed E-state index contributed by atoms with van der Waals surface area (Å²) in [5, 5.41) is 0. The third kappa shape index (κ3) is 3.59. The van der Waals surface area contributed by atoms with Gasteiger partial charge in [-0.2, -0.15) is 0 Å². The minimum atomic E-state index is -0.260. The van der Waals surface area contributed by atoms with Crippen molar-refractivity contribution in [1.29, 1.82) is 0 Å². The second kappa shape index (κ2) is 6.62. The van der Waals surface area contributed by atoms with Gasteiger partial charge in [0.25, 0.3) is 0 Å². The molecule has 4 nitrogen and oxygen atoms in total. The summed E-state index contributed by atoms with van der Waals surface area (Å²) in [5.74, 6) is 0.335. The predicted molar refractivity (Wildman–Crippen MR) is 90.9 cm³/mol. The standard InChI is InChI=1S/C19H28N2O2/c1-19(2)13-23-17(14-7-4-3-5-8-14)12-21(19)18(22)15-9-6-10-16(20)11-15/h3-5,7-8,15-17H,6,9-13,20H2,1-2H3. The van der Waals surface area contributed by atoms with Crippen molar-refractivity contribution in [2.75, 3.05) is 13.2 Å². The average molecular weight is 316 g/mol. The van der Waals surface area contributed by atoms with Gasteiger partial charge in [0.2, 0.25) is 5.91 Å². The van der Waals surface area contributed by atoms with E-state index in [0.717, 1.165) is 31.2 Å². The molecule has 1 aliphatic heterocycles. The maximum absolute atomic E-state index is 13.1. The Morgan fingerprint density at radius 2 is 2.00 bits per heavy atom. The van der Waals surface area contributed by atoms with Crippen LogP contribution in [-0.4, -0.2) is 35.5 Å². The smallest absolute Gasteiger partial charge is 0.226 e. The van der Waals surface area contributed by atoms with Crippen molar-refractivity contribution in [3.8, 4) is 0 Å². The summed E-state index contributed by atoms with van der Waals surface area (Å²) < 4.78 is 6.05. The van der Waals surface area contributed by atoms with Gasteiger partial charge in [-0.1, -0.05) is 36.8 Å². The first-order chi connectivity index (χ1) is 11.0. The number of amides is 1. The van der Waals surface area contributed by atoms with Gasteiger partial charge >= 0.3 is 0 Å². The Labute approximate surface area is 139 Å². The number of nitrogens with two attached hydrogens (primary N) is 1. The maximum Gasteiger partial charge on any atom is 0.226 e. The van der Waals surface area contributed by atoms with Gasteiger partial charge in [-0.25, -0.2) is 0 Å². The largest absolute Gasteiger partial charge is 0.369 e. The Hall–Kier alpha value is -1.39. The van der Waals surface area contributed by atoms with E-state index in [-0.39, 0.29) is 29.5 Å². The molecule has 4 heteroatoms. The fourth-order valence-electron chi connectivity index (χ4n) is 3.78. The molecular weight excluding hydrogens is 288 g/mol. The number of ether oxygens (including phenoxy) is 1. The zero-order valence-corrected chi connectivity index (χ0v) is 14.2. The van der Waals surface area contributed by atoms with E-state index in [9.17, 15) is 4.79 Å². The quantitative estimate of drug-likeness (QED) is 0.913. The van der Waals surface area contributed by atoms with Gasteiger partial charge in [-0.05, 0) is 38.7 Å². The second-order valence-electron chi connectivity index (χ2n) is 7.60. The lowest BCUT2D eigenvalue weighted by Crippen LogP contribution is -2.58. The summed E-state index contributed by atoms with van der Waals surface area (Å²) in [6, 6.07) is 10.4. The highest BCUT2D eigenvalue weighted by atomic mass is 16.5. The molecule has 1 heterocycles. The van der Waals surface area contributed by atoms with Crippen molar-refractivity contribution >= 4 is 5.91 Å². The molecule has 2 aliphatic rings. The highest BCUT2D eigenvalue weighted by Gasteiger charge is 2.41. The van der Waals surface area contributed by atoms with Gasteiger partial charge in [-0.15, -0.1) is 0 Å². The first-order valence-electron chi connectivity index (χ1n) is 8.71. The van der Waals surface area contributed by atoms with E-state index < -0.39 is 0 Å². The molecule has 0 radical (unpaired) electrons. The molecular formula is C19H28N2O2. The van der Waals surface area contributed by atoms with Crippen molar-refractivity contribution in [2.24, 2.45) is 11.7 Å². The van der Waals surface area contributed by atoms with Crippen LogP contribution in [0, 0.1) is 5.92 Å². The lowest BCUT2D eigenvalue weighted by molar-refractivity contribution is -0.160. The topological polar surface area (TPSA) is 55.6 Å². The van der Waals surface area contributed by atoms with Crippen LogP contribution in [-0.2, 0) is 9.53 Å². The number of carbonyl (C=O) groups excluding carboxylic acids is 1. The molecule has 0 bridgehead atoms. The Morgan fingerprint density at radius 1 is 1.26 bits per heavy atom. The third-order valence-corrected chi connectivity index (χ3v) is 5.22. The molecule has 1 amide bonds. The second-order valence-corrected chi connectivity index (χ2v) is 7.60. The fourth-order valence-corrected chi connectivity index (χ4v) is 3.78. The van der Waals surface area contributed by atoms with E-state index in [1.807, 2.05) is 23.1 Å². The Bertz CT molecular complexity index is 544. The molecule has 1 aromatic rings. The molecule has 1 aliphatic carbocycles. The predicted octanol–water partition coefficient (Wildman–Crippen LogP) is 2.88. The lowest BCUT2D eigenvalue weighted by atomic mass is 9.84. The fraction of sp³-hybridized carbons (Fsp3) is 0.632. The van der Waals surface area contributed by atoms with Crippen LogP contribution in [0.5, 0.6) is 0 Å². The van der Waals surface area contributed by atoms with Gasteiger partial charge in [-0.3, -0.25) is 4.79 Å². The summed E-state index contributed by atoms with van der Waals surface area (Å²) in [6.45, 7) is 5.38. The molecule has 0 spiro atoms. The molecule has 1 saturated heterocycles. The lowest BCUT2D eigenvalue weighted by Gasteiger charge is -2.47. The Balaban J connectivity index is 1.76. The van der Waals surface area contributed by atoms with E-state index in [1.54, 1.807) is 0 Å². The van der Waals surface area contributed by atoms with E-state index in [0.29, 0.717) is 13.2 Å². The average Bonchev–Trinajstić information content (AvgIpc) is 2.55. The van der Waals surface area contributed by atoms with Crippen LogP contribution in [0.4, 0.5) is 0 Å². The number of carbonyl (C=O) groups is 1. The van der Waals surface area contributed by atoms with E-state index in [4.69, 9.17) is 10.5 Å². The SMILES string of the molecule is CC1(C)COC(c2ccccc2)CN1C(=O)C1CCCC(N)C1. The van der Waals surface area contributed by atoms with Gasteiger partial charge < -0.3 is 15.4 Å². The van der Waals surface area contributed by atoms with E-state index in [1.165, 1.54) is 0 Å².